The topological polar surface area (TPSA) is 71.5 Å². The molecule has 3 rings (SSSR count). The molecule has 1 saturated carbocycles. The summed E-state index contributed by atoms with van der Waals surface area (Å²) in [6.45, 7) is 1.31. The zero-order valence-corrected chi connectivity index (χ0v) is 13.8. The molecule has 2 heterocycles. The third kappa shape index (κ3) is 3.91. The third-order valence-corrected chi connectivity index (χ3v) is 4.25. The predicted octanol–water partition coefficient (Wildman–Crippen LogP) is 2.19. The fourth-order valence-electron chi connectivity index (χ4n) is 3.04. The molecule has 1 aliphatic rings. The van der Waals surface area contributed by atoms with Gasteiger partial charge in [0.25, 0.3) is 0 Å². The van der Waals surface area contributed by atoms with E-state index in [0.29, 0.717) is 19.1 Å². The molecular formula is C16H24N6O. The number of aromatic nitrogens is 3. The Morgan fingerprint density at radius 2 is 2.22 bits per heavy atom. The van der Waals surface area contributed by atoms with Crippen molar-refractivity contribution in [3.63, 3.8) is 0 Å². The number of hydrogen-bond acceptors (Lipinski definition) is 4. The molecule has 2 aromatic rings. The second-order valence-corrected chi connectivity index (χ2v) is 5.97. The molecule has 7 nitrogen and oxygen atoms in total. The van der Waals surface area contributed by atoms with E-state index < -0.39 is 0 Å². The summed E-state index contributed by atoms with van der Waals surface area (Å²) in [6, 6.07) is 4.52. The van der Waals surface area contributed by atoms with E-state index in [2.05, 4.69) is 37.5 Å². The molecule has 0 atom stereocenters. The molecule has 0 unspecified atom stereocenters. The van der Waals surface area contributed by atoms with Crippen LogP contribution in [-0.4, -0.2) is 39.9 Å². The molecule has 0 aromatic carbocycles. The number of nitrogens with zero attached hydrogens (tertiary/aromatic N) is 5. The minimum Gasteiger partial charge on any atom is -0.364 e. The summed E-state index contributed by atoms with van der Waals surface area (Å²) in [4.78, 5) is 6.31. The van der Waals surface area contributed by atoms with E-state index in [1.54, 1.807) is 13.3 Å². The summed E-state index contributed by atoms with van der Waals surface area (Å²) in [5.41, 5.74) is 1.91. The first kappa shape index (κ1) is 15.6. The fraction of sp³-hybridized carbons (Fsp3) is 0.562. The van der Waals surface area contributed by atoms with Crippen LogP contribution in [0.1, 0.15) is 43.1 Å². The van der Waals surface area contributed by atoms with E-state index in [1.807, 2.05) is 18.0 Å². The van der Waals surface area contributed by atoms with Gasteiger partial charge in [0.05, 0.1) is 24.8 Å². The molecule has 0 bridgehead atoms. The summed E-state index contributed by atoms with van der Waals surface area (Å²) in [6.07, 6.45) is 8.80. The molecule has 23 heavy (non-hydrogen) atoms. The highest BCUT2D eigenvalue weighted by atomic mass is 16.5. The molecule has 0 saturated heterocycles. The SMILES string of the molecule is CN=C(NCc1ccn(C2CCCC2)n1)N(C)Cc1ccon1. The van der Waals surface area contributed by atoms with Crippen LogP contribution >= 0.6 is 0 Å². The third-order valence-electron chi connectivity index (χ3n) is 4.25. The minimum absolute atomic E-state index is 0.581. The van der Waals surface area contributed by atoms with Crippen molar-refractivity contribution in [2.75, 3.05) is 14.1 Å². The van der Waals surface area contributed by atoms with E-state index in [1.165, 1.54) is 25.7 Å². The molecule has 124 valence electrons. The average Bonchev–Trinajstić information content (AvgIpc) is 3.30. The van der Waals surface area contributed by atoms with Gasteiger partial charge in [-0.25, -0.2) is 0 Å². The maximum atomic E-state index is 4.86. The summed E-state index contributed by atoms with van der Waals surface area (Å²) in [5.74, 6) is 0.809. The maximum Gasteiger partial charge on any atom is 0.194 e. The van der Waals surface area contributed by atoms with Crippen LogP contribution in [0.5, 0.6) is 0 Å². The van der Waals surface area contributed by atoms with E-state index >= 15 is 0 Å². The predicted molar refractivity (Wildman–Crippen MR) is 87.9 cm³/mol. The number of hydrogen-bond donors (Lipinski definition) is 1. The lowest BCUT2D eigenvalue weighted by atomic mass is 10.3. The number of nitrogens with one attached hydrogen (secondary N) is 1. The van der Waals surface area contributed by atoms with Crippen molar-refractivity contribution in [2.24, 2.45) is 4.99 Å². The Hall–Kier alpha value is -2.31. The van der Waals surface area contributed by atoms with Crippen LogP contribution in [-0.2, 0) is 13.1 Å². The van der Waals surface area contributed by atoms with Gasteiger partial charge in [0, 0.05) is 26.4 Å². The van der Waals surface area contributed by atoms with E-state index in [0.717, 1.165) is 17.3 Å². The number of aliphatic imine (C=N–C) groups is 1. The van der Waals surface area contributed by atoms with Crippen molar-refractivity contribution >= 4 is 5.96 Å². The zero-order valence-electron chi connectivity index (χ0n) is 13.8. The van der Waals surface area contributed by atoms with Crippen molar-refractivity contribution in [3.8, 4) is 0 Å². The van der Waals surface area contributed by atoms with Crippen LogP contribution in [0, 0.1) is 0 Å². The van der Waals surface area contributed by atoms with Crippen molar-refractivity contribution < 1.29 is 4.52 Å². The molecular weight excluding hydrogens is 292 g/mol. The smallest absolute Gasteiger partial charge is 0.194 e. The Kier molecular flexibility index (Phi) is 4.95. The summed E-state index contributed by atoms with van der Waals surface area (Å²) >= 11 is 0. The monoisotopic (exact) mass is 316 g/mol. The zero-order chi connectivity index (χ0) is 16.1. The molecule has 1 aliphatic carbocycles. The van der Waals surface area contributed by atoms with Gasteiger partial charge in [-0.2, -0.15) is 5.10 Å². The van der Waals surface area contributed by atoms with Crippen molar-refractivity contribution in [1.82, 2.24) is 25.2 Å². The molecule has 1 N–H and O–H groups in total. The van der Waals surface area contributed by atoms with Crippen LogP contribution < -0.4 is 5.32 Å². The molecule has 0 aliphatic heterocycles. The highest BCUT2D eigenvalue weighted by Crippen LogP contribution is 2.28. The highest BCUT2D eigenvalue weighted by Gasteiger charge is 2.17. The van der Waals surface area contributed by atoms with Gasteiger partial charge in [-0.3, -0.25) is 9.67 Å². The first-order valence-corrected chi connectivity index (χ1v) is 8.11. The molecule has 0 spiro atoms. The molecule has 1 fully saturated rings. The van der Waals surface area contributed by atoms with Crippen molar-refractivity contribution in [3.05, 3.63) is 36.0 Å². The van der Waals surface area contributed by atoms with Gasteiger partial charge >= 0.3 is 0 Å². The quantitative estimate of drug-likeness (QED) is 0.676. The average molecular weight is 316 g/mol. The number of guanidine groups is 1. The highest BCUT2D eigenvalue weighted by molar-refractivity contribution is 5.79. The fourth-order valence-corrected chi connectivity index (χ4v) is 3.04. The second kappa shape index (κ2) is 7.30. The van der Waals surface area contributed by atoms with E-state index in [9.17, 15) is 0 Å². The first-order valence-electron chi connectivity index (χ1n) is 8.11. The molecule has 0 radical (unpaired) electrons. The molecule has 0 amide bonds. The maximum absolute atomic E-state index is 4.86. The molecule has 7 heteroatoms. The van der Waals surface area contributed by atoms with Crippen LogP contribution in [0.3, 0.4) is 0 Å². The summed E-state index contributed by atoms with van der Waals surface area (Å²) < 4.78 is 6.98. The Morgan fingerprint density at radius 3 is 2.91 bits per heavy atom. The van der Waals surface area contributed by atoms with Gasteiger partial charge in [0.1, 0.15) is 12.0 Å². The second-order valence-electron chi connectivity index (χ2n) is 5.97. The van der Waals surface area contributed by atoms with Gasteiger partial charge < -0.3 is 14.7 Å². The Balaban J connectivity index is 1.53. The number of rotatable bonds is 5. The lowest BCUT2D eigenvalue weighted by Gasteiger charge is -2.20. The Morgan fingerprint density at radius 1 is 1.39 bits per heavy atom. The van der Waals surface area contributed by atoms with Crippen molar-refractivity contribution in [1.29, 1.82) is 0 Å². The van der Waals surface area contributed by atoms with Crippen LogP contribution in [0.25, 0.3) is 0 Å². The van der Waals surface area contributed by atoms with Crippen LogP contribution in [0.4, 0.5) is 0 Å². The van der Waals surface area contributed by atoms with Gasteiger partial charge in [-0.15, -0.1) is 0 Å². The van der Waals surface area contributed by atoms with Gasteiger partial charge in [0.2, 0.25) is 0 Å². The van der Waals surface area contributed by atoms with Gasteiger partial charge in [-0.05, 0) is 18.9 Å². The molecule has 2 aromatic heterocycles. The largest absolute Gasteiger partial charge is 0.364 e. The first-order chi connectivity index (χ1) is 11.3. The standard InChI is InChI=1S/C16H24N6O/c1-17-16(21(2)12-14-8-10-23-20-14)18-11-13-7-9-22(19-13)15-5-3-4-6-15/h7-10,15H,3-6,11-12H2,1-2H3,(H,17,18). The van der Waals surface area contributed by atoms with E-state index in [4.69, 9.17) is 4.52 Å². The summed E-state index contributed by atoms with van der Waals surface area (Å²) in [5, 5.41) is 12.0. The minimum atomic E-state index is 0.581. The summed E-state index contributed by atoms with van der Waals surface area (Å²) in [7, 11) is 3.75. The lowest BCUT2D eigenvalue weighted by molar-refractivity contribution is 0.391. The lowest BCUT2D eigenvalue weighted by Crippen LogP contribution is -2.38. The van der Waals surface area contributed by atoms with Crippen molar-refractivity contribution in [2.45, 2.75) is 44.8 Å². The van der Waals surface area contributed by atoms with Crippen LogP contribution in [0.2, 0.25) is 0 Å². The Bertz CT molecular complexity index is 627. The normalized spacial score (nSPS) is 16.0. The Labute approximate surface area is 136 Å². The van der Waals surface area contributed by atoms with Crippen LogP contribution in [0.15, 0.2) is 34.1 Å². The van der Waals surface area contributed by atoms with Gasteiger partial charge in [0.15, 0.2) is 5.96 Å². The van der Waals surface area contributed by atoms with E-state index in [-0.39, 0.29) is 0 Å². The van der Waals surface area contributed by atoms with Gasteiger partial charge in [-0.1, -0.05) is 18.0 Å².